The van der Waals surface area contributed by atoms with Crippen LogP contribution in [0.3, 0.4) is 0 Å². The summed E-state index contributed by atoms with van der Waals surface area (Å²) >= 11 is 0. The average molecular weight is 360 g/mol. The van der Waals surface area contributed by atoms with Gasteiger partial charge in [0.15, 0.2) is 9.84 Å². The van der Waals surface area contributed by atoms with Crippen LogP contribution in [-0.2, 0) is 24.2 Å². The molecule has 1 saturated heterocycles. The van der Waals surface area contributed by atoms with Crippen molar-refractivity contribution in [3.05, 3.63) is 11.3 Å². The van der Waals surface area contributed by atoms with Crippen molar-refractivity contribution in [3.63, 3.8) is 0 Å². The van der Waals surface area contributed by atoms with Crippen molar-refractivity contribution >= 4 is 27.6 Å². The predicted octanol–water partition coefficient (Wildman–Crippen LogP) is -1.38. The van der Waals surface area contributed by atoms with E-state index in [0.29, 0.717) is 0 Å². The van der Waals surface area contributed by atoms with Gasteiger partial charge in [0.1, 0.15) is 5.70 Å². The molecule has 4 N–H and O–H groups in total. The molecule has 10 heteroatoms. The van der Waals surface area contributed by atoms with Gasteiger partial charge in [-0.15, -0.1) is 0 Å². The number of β-lactam (4-membered cyclic amide) rings is 1. The van der Waals surface area contributed by atoms with Gasteiger partial charge in [-0.25, -0.2) is 13.2 Å². The molecule has 0 aliphatic carbocycles. The fraction of sp³-hybridized carbons (Fsp3) is 0.643. The first-order valence-corrected chi connectivity index (χ1v) is 9.32. The SMILES string of the molecule is CC(O)C1C(=O)N2C(C(=O)O)=C(CS(=O)(=O)CCCC(N)=O)CC12. The number of aliphatic hydroxyl groups is 1. The van der Waals surface area contributed by atoms with Crippen molar-refractivity contribution in [1.29, 1.82) is 0 Å². The average Bonchev–Trinajstić information content (AvgIpc) is 2.71. The van der Waals surface area contributed by atoms with E-state index in [4.69, 9.17) is 5.73 Å². The summed E-state index contributed by atoms with van der Waals surface area (Å²) in [5.41, 5.74) is 4.81. The van der Waals surface area contributed by atoms with Crippen LogP contribution in [0.5, 0.6) is 0 Å². The van der Waals surface area contributed by atoms with Gasteiger partial charge in [-0.05, 0) is 25.3 Å². The zero-order chi connectivity index (χ0) is 18.2. The minimum atomic E-state index is -3.63. The highest BCUT2D eigenvalue weighted by atomic mass is 32.2. The van der Waals surface area contributed by atoms with Crippen LogP contribution in [0.1, 0.15) is 26.2 Å². The van der Waals surface area contributed by atoms with Gasteiger partial charge in [0.25, 0.3) is 0 Å². The number of carboxylic acids is 1. The third-order valence-corrected chi connectivity index (χ3v) is 5.99. The van der Waals surface area contributed by atoms with E-state index in [2.05, 4.69) is 0 Å². The summed E-state index contributed by atoms with van der Waals surface area (Å²) < 4.78 is 24.3. The van der Waals surface area contributed by atoms with Crippen molar-refractivity contribution in [1.82, 2.24) is 4.90 Å². The summed E-state index contributed by atoms with van der Waals surface area (Å²) in [5, 5.41) is 18.9. The molecule has 134 valence electrons. The molecule has 2 aliphatic heterocycles. The molecule has 0 bridgehead atoms. The number of primary amides is 1. The Morgan fingerprint density at radius 1 is 1.42 bits per heavy atom. The quantitative estimate of drug-likeness (QED) is 0.450. The highest BCUT2D eigenvalue weighted by Gasteiger charge is 2.56. The maximum atomic E-state index is 12.1. The van der Waals surface area contributed by atoms with Gasteiger partial charge in [-0.2, -0.15) is 0 Å². The van der Waals surface area contributed by atoms with Gasteiger partial charge in [0, 0.05) is 6.42 Å². The summed E-state index contributed by atoms with van der Waals surface area (Å²) in [6.07, 6.45) is -0.824. The predicted molar refractivity (Wildman–Crippen MR) is 82.2 cm³/mol. The number of aliphatic carboxylic acids is 1. The van der Waals surface area contributed by atoms with Crippen molar-refractivity contribution < 1.29 is 33.0 Å². The third kappa shape index (κ3) is 3.44. The van der Waals surface area contributed by atoms with Gasteiger partial charge in [0.2, 0.25) is 11.8 Å². The summed E-state index contributed by atoms with van der Waals surface area (Å²) in [6, 6.07) is -0.514. The van der Waals surface area contributed by atoms with Crippen LogP contribution in [0.15, 0.2) is 11.3 Å². The lowest BCUT2D eigenvalue weighted by molar-refractivity contribution is -0.161. The molecule has 0 spiro atoms. The molecule has 2 rings (SSSR count). The number of carbonyl (C=O) groups excluding carboxylic acids is 2. The molecule has 1 fully saturated rings. The highest BCUT2D eigenvalue weighted by Crippen LogP contribution is 2.43. The number of amides is 2. The van der Waals surface area contributed by atoms with Gasteiger partial charge in [-0.1, -0.05) is 0 Å². The lowest BCUT2D eigenvalue weighted by Crippen LogP contribution is -2.61. The Morgan fingerprint density at radius 2 is 2.04 bits per heavy atom. The molecule has 2 heterocycles. The van der Waals surface area contributed by atoms with E-state index in [0.717, 1.165) is 4.90 Å². The van der Waals surface area contributed by atoms with E-state index in [1.807, 2.05) is 0 Å². The molecular weight excluding hydrogens is 340 g/mol. The second-order valence-corrected chi connectivity index (χ2v) is 8.35. The fourth-order valence-electron chi connectivity index (χ4n) is 3.29. The number of hydrogen-bond donors (Lipinski definition) is 3. The number of aliphatic hydroxyl groups excluding tert-OH is 1. The van der Waals surface area contributed by atoms with Crippen molar-refractivity contribution in [2.45, 2.75) is 38.3 Å². The molecule has 0 aromatic carbocycles. The van der Waals surface area contributed by atoms with E-state index in [9.17, 15) is 33.0 Å². The maximum absolute atomic E-state index is 12.1. The Kier molecular flexibility index (Phi) is 5.00. The number of nitrogens with zero attached hydrogens (tertiary/aromatic N) is 1. The normalized spacial score (nSPS) is 24.6. The minimum Gasteiger partial charge on any atom is -0.477 e. The first kappa shape index (κ1) is 18.4. The van der Waals surface area contributed by atoms with Gasteiger partial charge in [0.05, 0.1) is 29.6 Å². The molecule has 2 amide bonds. The third-order valence-electron chi connectivity index (χ3n) is 4.30. The molecule has 3 unspecified atom stereocenters. The number of rotatable bonds is 8. The Balaban J connectivity index is 2.16. The largest absolute Gasteiger partial charge is 0.477 e. The van der Waals surface area contributed by atoms with Gasteiger partial charge < -0.3 is 20.8 Å². The van der Waals surface area contributed by atoms with Crippen LogP contribution < -0.4 is 5.73 Å². The van der Waals surface area contributed by atoms with E-state index in [1.54, 1.807) is 0 Å². The number of nitrogens with two attached hydrogens (primary N) is 1. The maximum Gasteiger partial charge on any atom is 0.352 e. The zero-order valence-electron chi connectivity index (χ0n) is 13.1. The second kappa shape index (κ2) is 6.52. The first-order valence-electron chi connectivity index (χ1n) is 7.50. The van der Waals surface area contributed by atoms with Crippen LogP contribution in [0.4, 0.5) is 0 Å². The number of sulfone groups is 1. The monoisotopic (exact) mass is 360 g/mol. The topological polar surface area (TPSA) is 155 Å². The summed E-state index contributed by atoms with van der Waals surface area (Å²) in [6.45, 7) is 1.44. The van der Waals surface area contributed by atoms with E-state index >= 15 is 0 Å². The molecule has 24 heavy (non-hydrogen) atoms. The van der Waals surface area contributed by atoms with Crippen molar-refractivity contribution in [2.75, 3.05) is 11.5 Å². The Morgan fingerprint density at radius 3 is 2.54 bits per heavy atom. The number of carbonyl (C=O) groups is 3. The summed E-state index contributed by atoms with van der Waals surface area (Å²) in [7, 11) is -3.63. The van der Waals surface area contributed by atoms with Gasteiger partial charge >= 0.3 is 5.97 Å². The number of fused-ring (bicyclic) bond motifs is 1. The molecule has 0 aromatic rings. The Labute approximate surface area is 139 Å². The van der Waals surface area contributed by atoms with Gasteiger partial charge in [-0.3, -0.25) is 9.59 Å². The lowest BCUT2D eigenvalue weighted by Gasteiger charge is -2.44. The molecule has 2 aliphatic rings. The smallest absolute Gasteiger partial charge is 0.352 e. The molecule has 3 atom stereocenters. The van der Waals surface area contributed by atoms with E-state index in [1.165, 1.54) is 6.92 Å². The molecule has 0 saturated carbocycles. The van der Waals surface area contributed by atoms with Crippen LogP contribution >= 0.6 is 0 Å². The first-order chi connectivity index (χ1) is 11.0. The van der Waals surface area contributed by atoms with Crippen LogP contribution in [0, 0.1) is 5.92 Å². The van der Waals surface area contributed by atoms with Crippen LogP contribution in [0.25, 0.3) is 0 Å². The zero-order valence-corrected chi connectivity index (χ0v) is 14.0. The molecule has 9 nitrogen and oxygen atoms in total. The second-order valence-electron chi connectivity index (χ2n) is 6.17. The van der Waals surface area contributed by atoms with Crippen LogP contribution in [-0.4, -0.2) is 65.0 Å². The Hall–Kier alpha value is -1.94. The fourth-order valence-corrected chi connectivity index (χ4v) is 4.81. The standard InChI is InChI=1S/C14H20N2O7S/c1-7(17)11-9-5-8(12(14(20)21)16(9)13(11)19)6-24(22,23)4-2-3-10(15)18/h7,9,11,17H,2-6H2,1H3,(H2,15,18)(H,20,21). The summed E-state index contributed by atoms with van der Waals surface area (Å²) in [4.78, 5) is 35.2. The molecule has 0 aromatic heterocycles. The highest BCUT2D eigenvalue weighted by molar-refractivity contribution is 7.91. The number of carboxylic acid groups (broad SMARTS) is 1. The lowest BCUT2D eigenvalue weighted by atomic mass is 9.83. The van der Waals surface area contributed by atoms with Crippen molar-refractivity contribution in [3.8, 4) is 0 Å². The number of hydrogen-bond acceptors (Lipinski definition) is 6. The minimum absolute atomic E-state index is 0.0652. The van der Waals surface area contributed by atoms with E-state index in [-0.39, 0.29) is 36.3 Å². The van der Waals surface area contributed by atoms with Crippen LogP contribution in [0.2, 0.25) is 0 Å². The van der Waals surface area contributed by atoms with E-state index < -0.39 is 51.4 Å². The Bertz CT molecular complexity index is 711. The molecular formula is C14H20N2O7S. The van der Waals surface area contributed by atoms with Crippen molar-refractivity contribution in [2.24, 2.45) is 11.7 Å². The molecule has 0 radical (unpaired) electrons. The summed E-state index contributed by atoms with van der Waals surface area (Å²) in [5.74, 6) is -3.96.